The van der Waals surface area contributed by atoms with Crippen LogP contribution in [0.2, 0.25) is 0 Å². The van der Waals surface area contributed by atoms with E-state index in [2.05, 4.69) is 28.6 Å². The number of nitrogens with zero attached hydrogens (tertiary/aromatic N) is 3. The summed E-state index contributed by atoms with van der Waals surface area (Å²) in [6.45, 7) is 7.19. The van der Waals surface area contributed by atoms with Crippen LogP contribution in [0.1, 0.15) is 58.2 Å². The molecule has 0 radical (unpaired) electrons. The van der Waals surface area contributed by atoms with E-state index in [1.54, 1.807) is 0 Å². The van der Waals surface area contributed by atoms with Crippen LogP contribution < -0.4 is 0 Å². The van der Waals surface area contributed by atoms with E-state index in [0.29, 0.717) is 5.92 Å². The monoisotopic (exact) mass is 285 g/mol. The summed E-state index contributed by atoms with van der Waals surface area (Å²) in [6.07, 6.45) is 4.46. The molecular weight excluding hydrogens is 262 g/mol. The zero-order valence-corrected chi connectivity index (χ0v) is 12.7. The zero-order valence-electron chi connectivity index (χ0n) is 11.9. The maximum atomic E-state index is 10.6. The minimum atomic E-state index is -0.823. The summed E-state index contributed by atoms with van der Waals surface area (Å²) in [5.41, 5.74) is 0. The van der Waals surface area contributed by atoms with E-state index in [0.717, 1.165) is 43.2 Å². The summed E-state index contributed by atoms with van der Waals surface area (Å²) in [4.78, 5) is 10.6. The van der Waals surface area contributed by atoms with E-state index in [4.69, 9.17) is 5.11 Å². The van der Waals surface area contributed by atoms with Crippen molar-refractivity contribution in [3.63, 3.8) is 0 Å². The SMILES string of the molecule is CCCC(CCC)c1nnc(SCC(=O)O)n1CC. The number of rotatable bonds is 9. The molecule has 0 atom stereocenters. The predicted molar refractivity (Wildman–Crippen MR) is 76.6 cm³/mol. The number of hydrogen-bond acceptors (Lipinski definition) is 4. The van der Waals surface area contributed by atoms with Gasteiger partial charge in [-0.25, -0.2) is 0 Å². The third-order valence-corrected chi connectivity index (χ3v) is 3.98. The van der Waals surface area contributed by atoms with E-state index >= 15 is 0 Å². The normalized spacial score (nSPS) is 11.2. The number of aromatic nitrogens is 3. The fraction of sp³-hybridized carbons (Fsp3) is 0.769. The van der Waals surface area contributed by atoms with Crippen molar-refractivity contribution < 1.29 is 9.90 Å². The quantitative estimate of drug-likeness (QED) is 0.706. The lowest BCUT2D eigenvalue weighted by molar-refractivity contribution is -0.133. The van der Waals surface area contributed by atoms with Gasteiger partial charge in [-0.15, -0.1) is 10.2 Å². The highest BCUT2D eigenvalue weighted by Crippen LogP contribution is 2.28. The van der Waals surface area contributed by atoms with Gasteiger partial charge in [0.1, 0.15) is 5.82 Å². The van der Waals surface area contributed by atoms with Gasteiger partial charge in [0, 0.05) is 12.5 Å². The van der Waals surface area contributed by atoms with Crippen molar-refractivity contribution in [3.8, 4) is 0 Å². The molecule has 0 saturated carbocycles. The van der Waals surface area contributed by atoms with Crippen molar-refractivity contribution in [1.82, 2.24) is 14.8 Å². The van der Waals surface area contributed by atoms with E-state index in [1.807, 2.05) is 6.92 Å². The number of carboxylic acids is 1. The lowest BCUT2D eigenvalue weighted by Crippen LogP contribution is -2.10. The van der Waals surface area contributed by atoms with Crippen molar-refractivity contribution in [2.24, 2.45) is 0 Å². The van der Waals surface area contributed by atoms with Gasteiger partial charge in [0.15, 0.2) is 5.16 Å². The summed E-state index contributed by atoms with van der Waals surface area (Å²) in [7, 11) is 0. The van der Waals surface area contributed by atoms with Crippen LogP contribution in [0.15, 0.2) is 5.16 Å². The highest BCUT2D eigenvalue weighted by Gasteiger charge is 2.19. The fourth-order valence-electron chi connectivity index (χ4n) is 2.23. The fourth-order valence-corrected chi connectivity index (χ4v) is 2.96. The van der Waals surface area contributed by atoms with Gasteiger partial charge in [0.05, 0.1) is 5.75 Å². The second kappa shape index (κ2) is 8.19. The van der Waals surface area contributed by atoms with Gasteiger partial charge in [-0.3, -0.25) is 4.79 Å². The van der Waals surface area contributed by atoms with Crippen LogP contribution >= 0.6 is 11.8 Å². The standard InChI is InChI=1S/C13H23N3O2S/c1-4-7-10(8-5-2)12-14-15-13(16(12)6-3)19-9-11(17)18/h10H,4-9H2,1-3H3,(H,17,18). The summed E-state index contributed by atoms with van der Waals surface area (Å²) in [6, 6.07) is 0. The number of carbonyl (C=O) groups is 1. The molecule has 1 aromatic heterocycles. The Labute approximate surface area is 118 Å². The summed E-state index contributed by atoms with van der Waals surface area (Å²) in [5, 5.41) is 17.9. The van der Waals surface area contributed by atoms with Gasteiger partial charge in [-0.2, -0.15) is 0 Å². The van der Waals surface area contributed by atoms with Crippen LogP contribution in [0, 0.1) is 0 Å². The second-order valence-electron chi connectivity index (χ2n) is 4.54. The third kappa shape index (κ3) is 4.53. The maximum absolute atomic E-state index is 10.6. The van der Waals surface area contributed by atoms with Crippen molar-refractivity contribution in [1.29, 1.82) is 0 Å². The minimum Gasteiger partial charge on any atom is -0.481 e. The molecule has 5 nitrogen and oxygen atoms in total. The van der Waals surface area contributed by atoms with E-state index in [-0.39, 0.29) is 5.75 Å². The van der Waals surface area contributed by atoms with Crippen molar-refractivity contribution in [2.75, 3.05) is 5.75 Å². The molecule has 0 saturated heterocycles. The highest BCUT2D eigenvalue weighted by molar-refractivity contribution is 7.99. The van der Waals surface area contributed by atoms with Gasteiger partial charge >= 0.3 is 5.97 Å². The van der Waals surface area contributed by atoms with Gasteiger partial charge in [0.2, 0.25) is 0 Å². The lowest BCUT2D eigenvalue weighted by Gasteiger charge is -2.16. The maximum Gasteiger partial charge on any atom is 0.313 e. The summed E-state index contributed by atoms with van der Waals surface area (Å²) in [5.74, 6) is 0.654. The van der Waals surface area contributed by atoms with E-state index < -0.39 is 5.97 Å². The number of hydrogen-bond donors (Lipinski definition) is 1. The molecular formula is C13H23N3O2S. The molecule has 0 aliphatic heterocycles. The largest absolute Gasteiger partial charge is 0.481 e. The average Bonchev–Trinajstić information content (AvgIpc) is 2.78. The molecule has 0 aliphatic rings. The molecule has 0 spiro atoms. The number of aliphatic carboxylic acids is 1. The molecule has 0 fully saturated rings. The van der Waals surface area contributed by atoms with E-state index in [1.165, 1.54) is 11.8 Å². The van der Waals surface area contributed by atoms with Crippen LogP contribution in [0.25, 0.3) is 0 Å². The topological polar surface area (TPSA) is 68.0 Å². The Morgan fingerprint density at radius 3 is 2.37 bits per heavy atom. The Morgan fingerprint density at radius 2 is 1.89 bits per heavy atom. The lowest BCUT2D eigenvalue weighted by atomic mass is 9.97. The zero-order chi connectivity index (χ0) is 14.3. The van der Waals surface area contributed by atoms with Crippen molar-refractivity contribution in [3.05, 3.63) is 5.82 Å². The molecule has 0 aliphatic carbocycles. The van der Waals surface area contributed by atoms with Gasteiger partial charge in [-0.1, -0.05) is 38.5 Å². The van der Waals surface area contributed by atoms with Crippen LogP contribution in [-0.2, 0) is 11.3 Å². The number of carboxylic acid groups (broad SMARTS) is 1. The van der Waals surface area contributed by atoms with Crippen LogP contribution in [0.4, 0.5) is 0 Å². The molecule has 19 heavy (non-hydrogen) atoms. The van der Waals surface area contributed by atoms with Crippen molar-refractivity contribution >= 4 is 17.7 Å². The van der Waals surface area contributed by atoms with Crippen molar-refractivity contribution in [2.45, 2.75) is 64.1 Å². The second-order valence-corrected chi connectivity index (χ2v) is 5.48. The molecule has 0 amide bonds. The molecule has 0 unspecified atom stereocenters. The summed E-state index contributed by atoms with van der Waals surface area (Å²) < 4.78 is 2.06. The third-order valence-electron chi connectivity index (χ3n) is 3.03. The van der Waals surface area contributed by atoms with Gasteiger partial charge < -0.3 is 9.67 Å². The molecule has 1 rings (SSSR count). The Morgan fingerprint density at radius 1 is 1.26 bits per heavy atom. The Kier molecular flexibility index (Phi) is 6.91. The molecule has 6 heteroatoms. The minimum absolute atomic E-state index is 0.0321. The average molecular weight is 285 g/mol. The first-order valence-corrected chi connectivity index (χ1v) is 7.90. The molecule has 108 valence electrons. The molecule has 0 bridgehead atoms. The van der Waals surface area contributed by atoms with Gasteiger partial charge in [-0.05, 0) is 19.8 Å². The van der Waals surface area contributed by atoms with Crippen LogP contribution in [0.5, 0.6) is 0 Å². The first-order valence-electron chi connectivity index (χ1n) is 6.91. The molecule has 1 aromatic rings. The molecule has 1 heterocycles. The first kappa shape index (κ1) is 16.0. The predicted octanol–water partition coefficient (Wildman–Crippen LogP) is 3.16. The Balaban J connectivity index is 2.90. The Hall–Kier alpha value is -1.04. The van der Waals surface area contributed by atoms with Gasteiger partial charge in [0.25, 0.3) is 0 Å². The highest BCUT2D eigenvalue weighted by atomic mass is 32.2. The number of thioether (sulfide) groups is 1. The van der Waals surface area contributed by atoms with E-state index in [9.17, 15) is 4.79 Å². The molecule has 1 N–H and O–H groups in total. The van der Waals surface area contributed by atoms with Crippen LogP contribution in [0.3, 0.4) is 0 Å². The smallest absolute Gasteiger partial charge is 0.313 e. The summed E-state index contributed by atoms with van der Waals surface area (Å²) >= 11 is 1.24. The van der Waals surface area contributed by atoms with Crippen LogP contribution in [-0.4, -0.2) is 31.6 Å². The first-order chi connectivity index (χ1) is 9.13. The molecule has 0 aromatic carbocycles. The Bertz CT molecular complexity index is 401.